The average Bonchev–Trinajstić information content (AvgIpc) is 2.86. The lowest BCUT2D eigenvalue weighted by molar-refractivity contribution is 0.0522. The number of carbonyl (C=O) groups is 1. The number of nitrogens with two attached hydrogens (primary N) is 1. The zero-order valence-electron chi connectivity index (χ0n) is 11.4. The van der Waals surface area contributed by atoms with Crippen LogP contribution in [0.3, 0.4) is 0 Å². The van der Waals surface area contributed by atoms with Gasteiger partial charge in [0.15, 0.2) is 5.13 Å². The van der Waals surface area contributed by atoms with Gasteiger partial charge in [0.1, 0.15) is 11.3 Å². The molecule has 5 nitrogen and oxygen atoms in total. The highest BCUT2D eigenvalue weighted by Crippen LogP contribution is 2.29. The van der Waals surface area contributed by atoms with Gasteiger partial charge >= 0.3 is 5.97 Å². The summed E-state index contributed by atoms with van der Waals surface area (Å²) in [5.74, 6) is 0.110. The third-order valence-corrected chi connectivity index (χ3v) is 3.27. The fourth-order valence-corrected chi connectivity index (χ4v) is 2.33. The van der Waals surface area contributed by atoms with E-state index in [2.05, 4.69) is 4.98 Å². The first-order valence-electron chi connectivity index (χ1n) is 6.31. The fraction of sp³-hybridized carbons (Fsp3) is 0.286. The van der Waals surface area contributed by atoms with Crippen LogP contribution >= 0.6 is 11.3 Å². The predicted octanol–water partition coefficient (Wildman–Crippen LogP) is 2.97. The second-order valence-electron chi connectivity index (χ2n) is 3.94. The van der Waals surface area contributed by atoms with Crippen LogP contribution in [0.4, 0.5) is 5.13 Å². The Morgan fingerprint density at radius 3 is 2.75 bits per heavy atom. The normalized spacial score (nSPS) is 10.3. The van der Waals surface area contributed by atoms with E-state index in [1.165, 1.54) is 11.3 Å². The molecule has 0 aliphatic carbocycles. The van der Waals surface area contributed by atoms with Crippen molar-refractivity contribution in [1.29, 1.82) is 0 Å². The van der Waals surface area contributed by atoms with Crippen molar-refractivity contribution in [1.82, 2.24) is 4.98 Å². The van der Waals surface area contributed by atoms with E-state index >= 15 is 0 Å². The number of hydrogen-bond donors (Lipinski definition) is 1. The number of rotatable bonds is 5. The van der Waals surface area contributed by atoms with E-state index in [0.29, 0.717) is 29.7 Å². The molecule has 0 bridgehead atoms. The lowest BCUT2D eigenvalue weighted by Crippen LogP contribution is -2.08. The van der Waals surface area contributed by atoms with Crippen LogP contribution in [-0.2, 0) is 4.74 Å². The number of nitrogens with zero attached hydrogens (tertiary/aromatic N) is 1. The van der Waals surface area contributed by atoms with Gasteiger partial charge in [-0.25, -0.2) is 9.78 Å². The Kier molecular flexibility index (Phi) is 4.57. The molecule has 0 amide bonds. The van der Waals surface area contributed by atoms with Crippen LogP contribution in [0.15, 0.2) is 23.6 Å². The quantitative estimate of drug-likeness (QED) is 0.857. The molecule has 0 spiro atoms. The van der Waals surface area contributed by atoms with Crippen LogP contribution in [-0.4, -0.2) is 24.2 Å². The minimum absolute atomic E-state index is 0.318. The third-order valence-electron chi connectivity index (χ3n) is 2.59. The van der Waals surface area contributed by atoms with Crippen LogP contribution < -0.4 is 10.5 Å². The molecule has 0 fully saturated rings. The molecule has 0 saturated heterocycles. The van der Waals surface area contributed by atoms with Crippen molar-refractivity contribution in [3.05, 3.63) is 29.1 Å². The average molecular weight is 292 g/mol. The maximum absolute atomic E-state index is 12.0. The molecule has 0 unspecified atom stereocenters. The molecule has 2 aromatic rings. The van der Waals surface area contributed by atoms with E-state index in [-0.39, 0.29) is 0 Å². The summed E-state index contributed by atoms with van der Waals surface area (Å²) in [5, 5.41) is 2.34. The maximum Gasteiger partial charge on any atom is 0.341 e. The van der Waals surface area contributed by atoms with Crippen molar-refractivity contribution >= 4 is 22.4 Å². The molecule has 0 atom stereocenters. The minimum Gasteiger partial charge on any atom is -0.493 e. The SMILES string of the molecule is CCOC(=O)c1cc(-c2csc(N)n2)ccc1OCC. The Labute approximate surface area is 121 Å². The molecule has 6 heteroatoms. The van der Waals surface area contributed by atoms with Crippen molar-refractivity contribution < 1.29 is 14.3 Å². The first kappa shape index (κ1) is 14.3. The van der Waals surface area contributed by atoms with Gasteiger partial charge in [-0.1, -0.05) is 0 Å². The van der Waals surface area contributed by atoms with E-state index in [9.17, 15) is 4.79 Å². The topological polar surface area (TPSA) is 74.4 Å². The van der Waals surface area contributed by atoms with Crippen molar-refractivity contribution in [3.63, 3.8) is 0 Å². The van der Waals surface area contributed by atoms with E-state index in [4.69, 9.17) is 15.2 Å². The van der Waals surface area contributed by atoms with Gasteiger partial charge in [0.25, 0.3) is 0 Å². The molecule has 0 saturated carbocycles. The Morgan fingerprint density at radius 1 is 1.35 bits per heavy atom. The summed E-state index contributed by atoms with van der Waals surface area (Å²) in [4.78, 5) is 16.2. The van der Waals surface area contributed by atoms with E-state index in [1.807, 2.05) is 18.4 Å². The Bertz CT molecular complexity index is 610. The van der Waals surface area contributed by atoms with Gasteiger partial charge in [0, 0.05) is 10.9 Å². The van der Waals surface area contributed by atoms with Crippen LogP contribution in [0.5, 0.6) is 5.75 Å². The molecule has 0 aliphatic rings. The first-order chi connectivity index (χ1) is 9.65. The van der Waals surface area contributed by atoms with Crippen molar-refractivity contribution in [2.75, 3.05) is 18.9 Å². The van der Waals surface area contributed by atoms with E-state index in [0.717, 1.165) is 11.3 Å². The second-order valence-corrected chi connectivity index (χ2v) is 4.83. The number of anilines is 1. The Morgan fingerprint density at radius 2 is 2.15 bits per heavy atom. The summed E-state index contributed by atoms with van der Waals surface area (Å²) in [6, 6.07) is 5.32. The third kappa shape index (κ3) is 3.08. The van der Waals surface area contributed by atoms with Gasteiger partial charge < -0.3 is 15.2 Å². The molecule has 1 aromatic heterocycles. The fourth-order valence-electron chi connectivity index (χ4n) is 1.76. The highest BCUT2D eigenvalue weighted by Gasteiger charge is 2.16. The predicted molar refractivity (Wildman–Crippen MR) is 79.1 cm³/mol. The molecule has 20 heavy (non-hydrogen) atoms. The van der Waals surface area contributed by atoms with Crippen molar-refractivity contribution in [2.24, 2.45) is 0 Å². The number of aromatic nitrogens is 1. The Balaban J connectivity index is 2.42. The van der Waals surface area contributed by atoms with Crippen LogP contribution in [0.2, 0.25) is 0 Å². The number of esters is 1. The lowest BCUT2D eigenvalue weighted by atomic mass is 10.1. The summed E-state index contributed by atoms with van der Waals surface area (Å²) < 4.78 is 10.5. The summed E-state index contributed by atoms with van der Waals surface area (Å²) in [5.41, 5.74) is 7.58. The Hall–Kier alpha value is -2.08. The molecule has 1 aromatic carbocycles. The van der Waals surface area contributed by atoms with Gasteiger partial charge in [-0.05, 0) is 32.0 Å². The van der Waals surface area contributed by atoms with E-state index < -0.39 is 5.97 Å². The van der Waals surface area contributed by atoms with Gasteiger partial charge in [-0.2, -0.15) is 0 Å². The molecule has 0 aliphatic heterocycles. The number of hydrogen-bond acceptors (Lipinski definition) is 6. The monoisotopic (exact) mass is 292 g/mol. The largest absolute Gasteiger partial charge is 0.493 e. The van der Waals surface area contributed by atoms with Gasteiger partial charge in [0.05, 0.1) is 18.9 Å². The molecule has 2 rings (SSSR count). The highest BCUT2D eigenvalue weighted by molar-refractivity contribution is 7.13. The summed E-state index contributed by atoms with van der Waals surface area (Å²) in [6.07, 6.45) is 0. The second kappa shape index (κ2) is 6.38. The number of benzene rings is 1. The summed E-state index contributed by atoms with van der Waals surface area (Å²) >= 11 is 1.36. The molecule has 1 heterocycles. The standard InChI is InChI=1S/C14H16N2O3S/c1-3-18-12-6-5-9(11-8-20-14(15)16-11)7-10(12)13(17)19-4-2/h5-8H,3-4H2,1-2H3,(H2,15,16). The zero-order chi connectivity index (χ0) is 14.5. The highest BCUT2D eigenvalue weighted by atomic mass is 32.1. The van der Waals surface area contributed by atoms with Gasteiger partial charge in [0.2, 0.25) is 0 Å². The molecule has 0 radical (unpaired) electrons. The molecular formula is C14H16N2O3S. The number of thiazole rings is 1. The van der Waals surface area contributed by atoms with Crippen LogP contribution in [0.1, 0.15) is 24.2 Å². The van der Waals surface area contributed by atoms with Gasteiger partial charge in [-0.3, -0.25) is 0 Å². The minimum atomic E-state index is -0.402. The number of nitrogen functional groups attached to an aromatic ring is 1. The smallest absolute Gasteiger partial charge is 0.341 e. The molecular weight excluding hydrogens is 276 g/mol. The summed E-state index contributed by atoms with van der Waals surface area (Å²) in [6.45, 7) is 4.43. The molecule has 2 N–H and O–H groups in total. The zero-order valence-corrected chi connectivity index (χ0v) is 12.2. The number of ether oxygens (including phenoxy) is 2. The lowest BCUT2D eigenvalue weighted by Gasteiger charge is -2.10. The van der Waals surface area contributed by atoms with Crippen molar-refractivity contribution in [2.45, 2.75) is 13.8 Å². The van der Waals surface area contributed by atoms with Crippen LogP contribution in [0.25, 0.3) is 11.3 Å². The van der Waals surface area contributed by atoms with Gasteiger partial charge in [-0.15, -0.1) is 11.3 Å². The maximum atomic E-state index is 12.0. The van der Waals surface area contributed by atoms with Crippen molar-refractivity contribution in [3.8, 4) is 17.0 Å². The summed E-state index contributed by atoms with van der Waals surface area (Å²) in [7, 11) is 0. The number of carbonyl (C=O) groups excluding carboxylic acids is 1. The van der Waals surface area contributed by atoms with E-state index in [1.54, 1.807) is 19.1 Å². The first-order valence-corrected chi connectivity index (χ1v) is 7.19. The molecule has 106 valence electrons. The van der Waals surface area contributed by atoms with Crippen LogP contribution in [0, 0.1) is 0 Å².